The Morgan fingerprint density at radius 2 is 1.71 bits per heavy atom. The van der Waals surface area contributed by atoms with E-state index in [-0.39, 0.29) is 0 Å². The molecule has 0 radical (unpaired) electrons. The second-order valence-electron chi connectivity index (χ2n) is 5.69. The van der Waals surface area contributed by atoms with Gasteiger partial charge in [-0.3, -0.25) is 0 Å². The maximum absolute atomic E-state index is 5.28. The van der Waals surface area contributed by atoms with E-state index in [9.17, 15) is 0 Å². The molecular formula is C17H30N2O2. The van der Waals surface area contributed by atoms with Crippen LogP contribution in [0.3, 0.4) is 0 Å². The molecule has 0 aromatic heterocycles. The molecule has 21 heavy (non-hydrogen) atoms. The second-order valence-corrected chi connectivity index (χ2v) is 5.69. The Labute approximate surface area is 129 Å². The highest BCUT2D eigenvalue weighted by atomic mass is 16.5. The maximum Gasteiger partial charge on any atom is 0.0663 e. The first-order valence-electron chi connectivity index (χ1n) is 7.65. The number of ether oxygens (including phenoxy) is 2. The summed E-state index contributed by atoms with van der Waals surface area (Å²) in [4.78, 5) is 2.33. The van der Waals surface area contributed by atoms with Gasteiger partial charge in [0, 0.05) is 45.1 Å². The van der Waals surface area contributed by atoms with Crippen LogP contribution in [-0.2, 0) is 16.0 Å². The monoisotopic (exact) mass is 294 g/mol. The Balaban J connectivity index is 2.72. The molecule has 0 saturated carbocycles. The van der Waals surface area contributed by atoms with E-state index < -0.39 is 0 Å². The molecule has 0 bridgehead atoms. The van der Waals surface area contributed by atoms with Gasteiger partial charge in [-0.15, -0.1) is 0 Å². The van der Waals surface area contributed by atoms with Crippen molar-refractivity contribution in [3.05, 3.63) is 29.8 Å². The van der Waals surface area contributed by atoms with Crippen molar-refractivity contribution in [2.24, 2.45) is 0 Å². The lowest BCUT2D eigenvalue weighted by Gasteiger charge is -2.31. The molecule has 0 aliphatic carbocycles. The lowest BCUT2D eigenvalue weighted by Crippen LogP contribution is -2.38. The Kier molecular flexibility index (Phi) is 8.35. The van der Waals surface area contributed by atoms with Gasteiger partial charge in [0.2, 0.25) is 0 Å². The van der Waals surface area contributed by atoms with Crippen LogP contribution in [0.5, 0.6) is 0 Å². The van der Waals surface area contributed by atoms with Crippen LogP contribution >= 0.6 is 0 Å². The molecule has 1 unspecified atom stereocenters. The van der Waals surface area contributed by atoms with Crippen molar-refractivity contribution < 1.29 is 9.47 Å². The van der Waals surface area contributed by atoms with Gasteiger partial charge in [-0.05, 0) is 24.6 Å². The van der Waals surface area contributed by atoms with Gasteiger partial charge in [-0.2, -0.15) is 0 Å². The fraction of sp³-hybridized carbons (Fsp3) is 0.647. The Bertz CT molecular complexity index is 379. The summed E-state index contributed by atoms with van der Waals surface area (Å²) < 4.78 is 10.5. The van der Waals surface area contributed by atoms with E-state index in [4.69, 9.17) is 9.47 Å². The number of rotatable bonds is 10. The molecule has 120 valence electrons. The van der Waals surface area contributed by atoms with Gasteiger partial charge in [-0.1, -0.05) is 26.0 Å². The van der Waals surface area contributed by atoms with E-state index >= 15 is 0 Å². The van der Waals surface area contributed by atoms with Gasteiger partial charge in [0.1, 0.15) is 0 Å². The number of methoxy groups -OCH3 is 2. The van der Waals surface area contributed by atoms with Crippen molar-refractivity contribution in [1.82, 2.24) is 5.32 Å². The zero-order chi connectivity index (χ0) is 15.7. The first kappa shape index (κ1) is 18.0. The standard InChI is InChI=1S/C17H30N2O2/c1-14(2)18-12-16-6-8-17(9-7-16)19(10-11-20-4)15(3)13-21-5/h6-9,14-15,18H,10-13H2,1-5H3. The van der Waals surface area contributed by atoms with Crippen LogP contribution in [0.1, 0.15) is 26.3 Å². The first-order valence-corrected chi connectivity index (χ1v) is 7.65. The number of nitrogens with zero attached hydrogens (tertiary/aromatic N) is 1. The molecule has 0 saturated heterocycles. The predicted molar refractivity (Wildman–Crippen MR) is 89.0 cm³/mol. The van der Waals surface area contributed by atoms with Gasteiger partial charge in [0.25, 0.3) is 0 Å². The third kappa shape index (κ3) is 6.46. The van der Waals surface area contributed by atoms with Crippen LogP contribution in [-0.4, -0.2) is 46.1 Å². The summed E-state index contributed by atoms with van der Waals surface area (Å²) in [6, 6.07) is 9.56. The smallest absolute Gasteiger partial charge is 0.0663 e. The lowest BCUT2D eigenvalue weighted by molar-refractivity contribution is 0.171. The van der Waals surface area contributed by atoms with E-state index in [1.807, 2.05) is 0 Å². The summed E-state index contributed by atoms with van der Waals surface area (Å²) in [5.74, 6) is 0. The molecule has 0 aliphatic heterocycles. The zero-order valence-corrected chi connectivity index (χ0v) is 14.1. The minimum atomic E-state index is 0.324. The normalized spacial score (nSPS) is 12.7. The average Bonchev–Trinajstić information content (AvgIpc) is 2.47. The summed E-state index contributed by atoms with van der Waals surface area (Å²) in [6.07, 6.45) is 0. The number of hydrogen-bond donors (Lipinski definition) is 1. The molecule has 4 heteroatoms. The Hall–Kier alpha value is -1.10. The summed E-state index contributed by atoms with van der Waals surface area (Å²) >= 11 is 0. The summed E-state index contributed by atoms with van der Waals surface area (Å²) in [5.41, 5.74) is 2.52. The quantitative estimate of drug-likeness (QED) is 0.719. The highest BCUT2D eigenvalue weighted by Crippen LogP contribution is 2.18. The number of anilines is 1. The van der Waals surface area contributed by atoms with Crippen molar-refractivity contribution in [3.63, 3.8) is 0 Å². The van der Waals surface area contributed by atoms with E-state index in [0.29, 0.717) is 25.3 Å². The molecule has 1 atom stereocenters. The Morgan fingerprint density at radius 1 is 1.05 bits per heavy atom. The van der Waals surface area contributed by atoms with Crippen LogP contribution in [0.4, 0.5) is 5.69 Å². The van der Waals surface area contributed by atoms with Crippen LogP contribution in [0.25, 0.3) is 0 Å². The SMILES string of the molecule is COCCN(c1ccc(CNC(C)C)cc1)C(C)COC. The Morgan fingerprint density at radius 3 is 2.24 bits per heavy atom. The molecule has 1 N–H and O–H groups in total. The average molecular weight is 294 g/mol. The summed E-state index contributed by atoms with van der Waals surface area (Å²) in [6.45, 7) is 9.69. The van der Waals surface area contributed by atoms with Gasteiger partial charge in [0.15, 0.2) is 0 Å². The van der Waals surface area contributed by atoms with Crippen molar-refractivity contribution in [1.29, 1.82) is 0 Å². The van der Waals surface area contributed by atoms with Gasteiger partial charge in [0.05, 0.1) is 13.2 Å². The second kappa shape index (κ2) is 9.77. The highest BCUT2D eigenvalue weighted by Gasteiger charge is 2.14. The van der Waals surface area contributed by atoms with Crippen molar-refractivity contribution >= 4 is 5.69 Å². The zero-order valence-electron chi connectivity index (χ0n) is 14.1. The molecule has 1 aromatic rings. The molecule has 1 rings (SSSR count). The van der Waals surface area contributed by atoms with Crippen molar-refractivity contribution in [2.75, 3.05) is 38.9 Å². The van der Waals surface area contributed by atoms with Crippen LogP contribution < -0.4 is 10.2 Å². The minimum absolute atomic E-state index is 0.324. The molecular weight excluding hydrogens is 264 g/mol. The van der Waals surface area contributed by atoms with E-state index in [1.165, 1.54) is 11.3 Å². The van der Waals surface area contributed by atoms with Crippen LogP contribution in [0, 0.1) is 0 Å². The molecule has 4 nitrogen and oxygen atoms in total. The van der Waals surface area contributed by atoms with Crippen molar-refractivity contribution in [3.8, 4) is 0 Å². The first-order chi connectivity index (χ1) is 10.1. The molecule has 0 fully saturated rings. The largest absolute Gasteiger partial charge is 0.383 e. The molecule has 1 aromatic carbocycles. The number of nitrogens with one attached hydrogen (secondary N) is 1. The molecule has 0 spiro atoms. The van der Waals surface area contributed by atoms with Gasteiger partial charge >= 0.3 is 0 Å². The molecule has 0 amide bonds. The lowest BCUT2D eigenvalue weighted by atomic mass is 10.1. The molecule has 0 aliphatic rings. The van der Waals surface area contributed by atoms with E-state index in [0.717, 1.165) is 13.1 Å². The van der Waals surface area contributed by atoms with Crippen LogP contribution in [0.15, 0.2) is 24.3 Å². The third-order valence-corrected chi connectivity index (χ3v) is 3.46. The highest BCUT2D eigenvalue weighted by molar-refractivity contribution is 5.48. The molecule has 0 heterocycles. The fourth-order valence-electron chi connectivity index (χ4n) is 2.25. The van der Waals surface area contributed by atoms with Gasteiger partial charge < -0.3 is 19.7 Å². The van der Waals surface area contributed by atoms with E-state index in [2.05, 4.69) is 55.3 Å². The predicted octanol–water partition coefficient (Wildman–Crippen LogP) is 2.67. The third-order valence-electron chi connectivity index (χ3n) is 3.46. The van der Waals surface area contributed by atoms with Crippen LogP contribution in [0.2, 0.25) is 0 Å². The van der Waals surface area contributed by atoms with E-state index in [1.54, 1.807) is 14.2 Å². The fourth-order valence-corrected chi connectivity index (χ4v) is 2.25. The maximum atomic E-state index is 5.28. The van der Waals surface area contributed by atoms with Crippen molar-refractivity contribution in [2.45, 2.75) is 39.4 Å². The number of hydrogen-bond acceptors (Lipinski definition) is 4. The van der Waals surface area contributed by atoms with Gasteiger partial charge in [-0.25, -0.2) is 0 Å². The number of benzene rings is 1. The topological polar surface area (TPSA) is 33.7 Å². The summed E-state index contributed by atoms with van der Waals surface area (Å²) in [5, 5.41) is 3.43. The minimum Gasteiger partial charge on any atom is -0.383 e. The summed E-state index contributed by atoms with van der Waals surface area (Å²) in [7, 11) is 3.48.